The first-order valence-corrected chi connectivity index (χ1v) is 6.07. The molecular formula is C14H15FN2. The molecule has 3 rings (SSSR count). The highest BCUT2D eigenvalue weighted by atomic mass is 19.1. The number of benzene rings is 1. The molecule has 2 aromatic rings. The van der Waals surface area contributed by atoms with Gasteiger partial charge in [-0.05, 0) is 25.0 Å². The van der Waals surface area contributed by atoms with Crippen molar-refractivity contribution in [2.24, 2.45) is 0 Å². The molecule has 1 aliphatic heterocycles. The second kappa shape index (κ2) is 3.99. The van der Waals surface area contributed by atoms with Crippen molar-refractivity contribution in [3.8, 4) is 11.3 Å². The largest absolute Gasteiger partial charge is 0.334 e. The molecule has 0 amide bonds. The summed E-state index contributed by atoms with van der Waals surface area (Å²) in [6, 6.07) is 6.82. The Morgan fingerprint density at radius 2 is 2.18 bits per heavy atom. The molecule has 1 unspecified atom stereocenters. The minimum atomic E-state index is -0.199. The molecular weight excluding hydrogens is 215 g/mol. The van der Waals surface area contributed by atoms with Gasteiger partial charge in [0.05, 0.1) is 5.69 Å². The second-order valence-corrected chi connectivity index (χ2v) is 4.70. The fourth-order valence-electron chi connectivity index (χ4n) is 2.50. The van der Waals surface area contributed by atoms with Crippen molar-refractivity contribution in [2.75, 3.05) is 0 Å². The molecule has 1 atom stereocenters. The third kappa shape index (κ3) is 1.75. The summed E-state index contributed by atoms with van der Waals surface area (Å²) < 4.78 is 15.9. The summed E-state index contributed by atoms with van der Waals surface area (Å²) in [6.45, 7) is 3.18. The lowest BCUT2D eigenvalue weighted by molar-refractivity contribution is 0.463. The molecule has 88 valence electrons. The van der Waals surface area contributed by atoms with Crippen LogP contribution in [-0.4, -0.2) is 9.55 Å². The lowest BCUT2D eigenvalue weighted by Gasteiger charge is -2.19. The molecule has 3 heteroatoms. The SMILES string of the molecule is CC1CCCn2cc(-c3ccccc3F)nc21. The zero-order valence-corrected chi connectivity index (χ0v) is 9.86. The van der Waals surface area contributed by atoms with Gasteiger partial charge in [-0.25, -0.2) is 9.37 Å². The monoisotopic (exact) mass is 230 g/mol. The molecule has 2 heterocycles. The maximum atomic E-state index is 13.7. The number of aromatic nitrogens is 2. The first-order chi connectivity index (χ1) is 8.25. The molecule has 0 radical (unpaired) electrons. The molecule has 17 heavy (non-hydrogen) atoms. The Hall–Kier alpha value is -1.64. The molecule has 0 bridgehead atoms. The number of rotatable bonds is 1. The quantitative estimate of drug-likeness (QED) is 0.732. The van der Waals surface area contributed by atoms with Gasteiger partial charge in [-0.3, -0.25) is 0 Å². The third-order valence-corrected chi connectivity index (χ3v) is 3.43. The van der Waals surface area contributed by atoms with Gasteiger partial charge in [0.15, 0.2) is 0 Å². The van der Waals surface area contributed by atoms with E-state index >= 15 is 0 Å². The normalized spacial score (nSPS) is 19.1. The van der Waals surface area contributed by atoms with Crippen LogP contribution < -0.4 is 0 Å². The number of nitrogens with zero attached hydrogens (tertiary/aromatic N) is 2. The predicted octanol–water partition coefficient (Wildman–Crippen LogP) is 3.59. The van der Waals surface area contributed by atoms with Crippen LogP contribution in [0.1, 0.15) is 31.5 Å². The van der Waals surface area contributed by atoms with Crippen molar-refractivity contribution in [3.05, 3.63) is 42.1 Å². The summed E-state index contributed by atoms with van der Waals surface area (Å²) in [5.74, 6) is 1.37. The van der Waals surface area contributed by atoms with Crippen LogP contribution in [0.5, 0.6) is 0 Å². The van der Waals surface area contributed by atoms with Crippen LogP contribution in [0.4, 0.5) is 4.39 Å². The smallest absolute Gasteiger partial charge is 0.132 e. The minimum Gasteiger partial charge on any atom is -0.334 e. The van der Waals surface area contributed by atoms with Gasteiger partial charge < -0.3 is 4.57 Å². The highest BCUT2D eigenvalue weighted by Crippen LogP contribution is 2.30. The van der Waals surface area contributed by atoms with Crippen LogP contribution in [0.2, 0.25) is 0 Å². The summed E-state index contributed by atoms with van der Waals surface area (Å²) in [7, 11) is 0. The Labute approximate surface area is 100 Å². The summed E-state index contributed by atoms with van der Waals surface area (Å²) >= 11 is 0. The third-order valence-electron chi connectivity index (χ3n) is 3.43. The van der Waals surface area contributed by atoms with Gasteiger partial charge in [0, 0.05) is 24.2 Å². The van der Waals surface area contributed by atoms with E-state index in [1.54, 1.807) is 12.1 Å². The van der Waals surface area contributed by atoms with E-state index in [0.29, 0.717) is 11.5 Å². The lowest BCUT2D eigenvalue weighted by atomic mass is 10.0. The summed E-state index contributed by atoms with van der Waals surface area (Å²) in [5, 5.41) is 0. The Kier molecular flexibility index (Phi) is 2.46. The number of fused-ring (bicyclic) bond motifs is 1. The second-order valence-electron chi connectivity index (χ2n) is 4.70. The van der Waals surface area contributed by atoms with Crippen molar-refractivity contribution in [3.63, 3.8) is 0 Å². The van der Waals surface area contributed by atoms with Gasteiger partial charge in [0.2, 0.25) is 0 Å². The van der Waals surface area contributed by atoms with E-state index in [2.05, 4.69) is 16.5 Å². The zero-order valence-electron chi connectivity index (χ0n) is 9.86. The average Bonchev–Trinajstić information content (AvgIpc) is 2.75. The van der Waals surface area contributed by atoms with Gasteiger partial charge in [-0.2, -0.15) is 0 Å². The van der Waals surface area contributed by atoms with Crippen LogP contribution in [-0.2, 0) is 6.54 Å². The molecule has 2 nitrogen and oxygen atoms in total. The van der Waals surface area contributed by atoms with Crippen molar-refractivity contribution >= 4 is 0 Å². The first kappa shape index (κ1) is 10.5. The van der Waals surface area contributed by atoms with Crippen LogP contribution >= 0.6 is 0 Å². The number of hydrogen-bond acceptors (Lipinski definition) is 1. The maximum Gasteiger partial charge on any atom is 0.132 e. The standard InChI is InChI=1S/C14H15FN2/c1-10-5-4-8-17-9-13(16-14(10)17)11-6-2-3-7-12(11)15/h2-3,6-7,9-10H,4-5,8H2,1H3. The topological polar surface area (TPSA) is 17.8 Å². The molecule has 1 aromatic carbocycles. The Balaban J connectivity index is 2.08. The van der Waals surface area contributed by atoms with E-state index in [4.69, 9.17) is 0 Å². The van der Waals surface area contributed by atoms with E-state index in [1.165, 1.54) is 18.9 Å². The Morgan fingerprint density at radius 3 is 2.94 bits per heavy atom. The van der Waals surface area contributed by atoms with E-state index in [1.807, 2.05) is 12.3 Å². The van der Waals surface area contributed by atoms with E-state index < -0.39 is 0 Å². The maximum absolute atomic E-state index is 13.7. The summed E-state index contributed by atoms with van der Waals surface area (Å²) in [6.07, 6.45) is 4.33. The van der Waals surface area contributed by atoms with Crippen LogP contribution in [0, 0.1) is 5.82 Å². The van der Waals surface area contributed by atoms with E-state index in [-0.39, 0.29) is 5.82 Å². The molecule has 0 saturated carbocycles. The zero-order chi connectivity index (χ0) is 11.8. The molecule has 0 fully saturated rings. The first-order valence-electron chi connectivity index (χ1n) is 6.07. The number of imidazole rings is 1. The predicted molar refractivity (Wildman–Crippen MR) is 65.3 cm³/mol. The Bertz CT molecular complexity index is 545. The molecule has 0 N–H and O–H groups in total. The number of aryl methyl sites for hydroxylation is 1. The number of hydrogen-bond donors (Lipinski definition) is 0. The summed E-state index contributed by atoms with van der Waals surface area (Å²) in [4.78, 5) is 4.59. The molecule has 1 aliphatic rings. The minimum absolute atomic E-state index is 0.199. The van der Waals surface area contributed by atoms with Gasteiger partial charge >= 0.3 is 0 Å². The average molecular weight is 230 g/mol. The van der Waals surface area contributed by atoms with Crippen LogP contribution in [0.3, 0.4) is 0 Å². The van der Waals surface area contributed by atoms with Gasteiger partial charge in [-0.1, -0.05) is 19.1 Å². The van der Waals surface area contributed by atoms with Crippen molar-refractivity contribution in [2.45, 2.75) is 32.2 Å². The summed E-state index contributed by atoms with van der Waals surface area (Å²) in [5.41, 5.74) is 1.36. The molecule has 0 aliphatic carbocycles. The highest BCUT2D eigenvalue weighted by Gasteiger charge is 2.20. The Morgan fingerprint density at radius 1 is 1.35 bits per heavy atom. The van der Waals surface area contributed by atoms with E-state index in [9.17, 15) is 4.39 Å². The van der Waals surface area contributed by atoms with Gasteiger partial charge in [0.1, 0.15) is 11.6 Å². The highest BCUT2D eigenvalue weighted by molar-refractivity contribution is 5.59. The number of halogens is 1. The molecule has 0 spiro atoms. The van der Waals surface area contributed by atoms with Crippen molar-refractivity contribution in [1.29, 1.82) is 0 Å². The van der Waals surface area contributed by atoms with Gasteiger partial charge in [-0.15, -0.1) is 0 Å². The van der Waals surface area contributed by atoms with Crippen molar-refractivity contribution in [1.82, 2.24) is 9.55 Å². The van der Waals surface area contributed by atoms with Crippen LogP contribution in [0.15, 0.2) is 30.5 Å². The fourth-order valence-corrected chi connectivity index (χ4v) is 2.50. The lowest BCUT2D eigenvalue weighted by Crippen LogP contribution is -2.12. The van der Waals surface area contributed by atoms with Crippen molar-refractivity contribution < 1.29 is 4.39 Å². The molecule has 0 saturated heterocycles. The van der Waals surface area contributed by atoms with E-state index in [0.717, 1.165) is 18.1 Å². The van der Waals surface area contributed by atoms with Gasteiger partial charge in [0.25, 0.3) is 0 Å². The molecule has 1 aromatic heterocycles. The fraction of sp³-hybridized carbons (Fsp3) is 0.357. The van der Waals surface area contributed by atoms with Crippen LogP contribution in [0.25, 0.3) is 11.3 Å².